The van der Waals surface area contributed by atoms with Crippen LogP contribution in [0.3, 0.4) is 0 Å². The molecule has 124 valence electrons. The Labute approximate surface area is 143 Å². The van der Waals surface area contributed by atoms with Crippen LogP contribution in [0.5, 0.6) is 5.75 Å². The summed E-state index contributed by atoms with van der Waals surface area (Å²) in [6.45, 7) is 0. The van der Waals surface area contributed by atoms with Crippen LogP contribution in [0, 0.1) is 0 Å². The summed E-state index contributed by atoms with van der Waals surface area (Å²) in [6.07, 6.45) is 1.43. The number of urea groups is 1. The van der Waals surface area contributed by atoms with Crippen LogP contribution in [-0.4, -0.2) is 18.2 Å². The number of esters is 1. The van der Waals surface area contributed by atoms with Crippen LogP contribution in [0.2, 0.25) is 0 Å². The van der Waals surface area contributed by atoms with Crippen LogP contribution in [-0.2, 0) is 0 Å². The third-order valence-electron chi connectivity index (χ3n) is 3.49. The fourth-order valence-corrected chi connectivity index (χ4v) is 2.36. The molecule has 0 aromatic heterocycles. The summed E-state index contributed by atoms with van der Waals surface area (Å²) in [6, 6.07) is 19.1. The Bertz CT molecular complexity index is 944. The predicted octanol–water partition coefficient (Wildman–Crippen LogP) is 3.06. The lowest BCUT2D eigenvalue weighted by Gasteiger charge is -2.07. The van der Waals surface area contributed by atoms with Crippen LogP contribution < -0.4 is 15.9 Å². The zero-order chi connectivity index (χ0) is 17.6. The summed E-state index contributed by atoms with van der Waals surface area (Å²) in [5.41, 5.74) is 8.24. The number of hydrazone groups is 1. The molecule has 0 unspecified atom stereocenters. The lowest BCUT2D eigenvalue weighted by molar-refractivity contribution is 0.0737. The fraction of sp³-hybridized carbons (Fsp3) is 0. The van der Waals surface area contributed by atoms with E-state index in [4.69, 9.17) is 10.5 Å². The van der Waals surface area contributed by atoms with Crippen molar-refractivity contribution in [1.29, 1.82) is 0 Å². The lowest BCUT2D eigenvalue weighted by Crippen LogP contribution is -2.24. The number of amides is 2. The molecule has 0 bridgehead atoms. The standard InChI is InChI=1S/C19H15N3O3/c20-19(24)22-21-12-13-8-10-15(11-9-13)25-18(23)17-7-3-5-14-4-1-2-6-16(14)17/h1-12H,(H3,20,22,24)/b21-12-. The zero-order valence-electron chi connectivity index (χ0n) is 13.2. The second-order valence-corrected chi connectivity index (χ2v) is 5.22. The minimum absolute atomic E-state index is 0.415. The van der Waals surface area contributed by atoms with Gasteiger partial charge < -0.3 is 10.5 Å². The number of nitrogens with zero attached hydrogens (tertiary/aromatic N) is 1. The van der Waals surface area contributed by atoms with Crippen molar-refractivity contribution in [2.75, 3.05) is 0 Å². The topological polar surface area (TPSA) is 93.8 Å². The van der Waals surface area contributed by atoms with E-state index in [1.807, 2.05) is 36.4 Å². The van der Waals surface area contributed by atoms with Gasteiger partial charge in [-0.05, 0) is 46.7 Å². The van der Waals surface area contributed by atoms with E-state index in [1.165, 1.54) is 6.21 Å². The summed E-state index contributed by atoms with van der Waals surface area (Å²) in [5.74, 6) is -0.00782. The van der Waals surface area contributed by atoms with Crippen molar-refractivity contribution >= 4 is 29.0 Å². The first-order valence-electron chi connectivity index (χ1n) is 7.52. The van der Waals surface area contributed by atoms with Gasteiger partial charge in [0.2, 0.25) is 0 Å². The molecule has 0 saturated heterocycles. The van der Waals surface area contributed by atoms with Gasteiger partial charge in [-0.1, -0.05) is 36.4 Å². The maximum absolute atomic E-state index is 12.5. The molecule has 0 aliphatic heterocycles. The Hall–Kier alpha value is -3.67. The smallest absolute Gasteiger partial charge is 0.344 e. The Morgan fingerprint density at radius 1 is 0.960 bits per heavy atom. The number of rotatable bonds is 4. The van der Waals surface area contributed by atoms with Gasteiger partial charge in [-0.3, -0.25) is 0 Å². The largest absolute Gasteiger partial charge is 0.423 e. The number of carbonyl (C=O) groups is 2. The van der Waals surface area contributed by atoms with Gasteiger partial charge in [0, 0.05) is 0 Å². The highest BCUT2D eigenvalue weighted by atomic mass is 16.5. The van der Waals surface area contributed by atoms with E-state index in [-0.39, 0.29) is 0 Å². The maximum atomic E-state index is 12.5. The number of fused-ring (bicyclic) bond motifs is 1. The van der Waals surface area contributed by atoms with E-state index in [1.54, 1.807) is 30.3 Å². The number of carbonyl (C=O) groups excluding carboxylic acids is 2. The second kappa shape index (κ2) is 7.27. The maximum Gasteiger partial charge on any atom is 0.344 e. The molecule has 3 aromatic carbocycles. The number of benzene rings is 3. The van der Waals surface area contributed by atoms with Crippen molar-refractivity contribution in [1.82, 2.24) is 5.43 Å². The molecule has 25 heavy (non-hydrogen) atoms. The third kappa shape index (κ3) is 4.00. The normalized spacial score (nSPS) is 10.7. The number of nitrogens with two attached hydrogens (primary N) is 1. The fourth-order valence-electron chi connectivity index (χ4n) is 2.36. The molecule has 0 aliphatic carbocycles. The number of hydrogen-bond donors (Lipinski definition) is 2. The van der Waals surface area contributed by atoms with Gasteiger partial charge in [0.15, 0.2) is 0 Å². The molecule has 0 aliphatic rings. The summed E-state index contributed by atoms with van der Waals surface area (Å²) < 4.78 is 5.43. The Morgan fingerprint density at radius 2 is 1.68 bits per heavy atom. The molecular weight excluding hydrogens is 318 g/mol. The van der Waals surface area contributed by atoms with Crippen molar-refractivity contribution < 1.29 is 14.3 Å². The lowest BCUT2D eigenvalue weighted by atomic mass is 10.0. The van der Waals surface area contributed by atoms with Crippen molar-refractivity contribution in [2.45, 2.75) is 0 Å². The van der Waals surface area contributed by atoms with E-state index in [0.717, 1.165) is 16.3 Å². The molecule has 0 spiro atoms. The molecule has 6 nitrogen and oxygen atoms in total. The van der Waals surface area contributed by atoms with Crippen LogP contribution >= 0.6 is 0 Å². The van der Waals surface area contributed by atoms with Gasteiger partial charge in [0.1, 0.15) is 5.75 Å². The van der Waals surface area contributed by atoms with Crippen molar-refractivity contribution in [2.24, 2.45) is 10.8 Å². The number of ether oxygens (including phenoxy) is 1. The first-order chi connectivity index (χ1) is 12.1. The SMILES string of the molecule is NC(=O)N/N=C\c1ccc(OC(=O)c2cccc3ccccc23)cc1. The number of nitrogens with one attached hydrogen (secondary N) is 1. The Morgan fingerprint density at radius 3 is 2.44 bits per heavy atom. The first kappa shape index (κ1) is 16.2. The van der Waals surface area contributed by atoms with Gasteiger partial charge in [-0.15, -0.1) is 0 Å². The van der Waals surface area contributed by atoms with Gasteiger partial charge >= 0.3 is 12.0 Å². The average Bonchev–Trinajstić information content (AvgIpc) is 2.62. The molecule has 0 heterocycles. The molecular formula is C19H15N3O3. The Balaban J connectivity index is 1.74. The third-order valence-corrected chi connectivity index (χ3v) is 3.49. The van der Waals surface area contributed by atoms with E-state index >= 15 is 0 Å². The van der Waals surface area contributed by atoms with E-state index < -0.39 is 12.0 Å². The van der Waals surface area contributed by atoms with Crippen LogP contribution in [0.25, 0.3) is 10.8 Å². The van der Waals surface area contributed by atoms with Crippen LogP contribution in [0.15, 0.2) is 71.8 Å². The predicted molar refractivity (Wildman–Crippen MR) is 95.7 cm³/mol. The van der Waals surface area contributed by atoms with Gasteiger partial charge in [0.25, 0.3) is 0 Å². The molecule has 3 rings (SSSR count). The van der Waals surface area contributed by atoms with Gasteiger partial charge in [0.05, 0.1) is 11.8 Å². The summed E-state index contributed by atoms with van der Waals surface area (Å²) >= 11 is 0. The molecule has 0 atom stereocenters. The monoisotopic (exact) mass is 333 g/mol. The minimum Gasteiger partial charge on any atom is -0.423 e. The summed E-state index contributed by atoms with van der Waals surface area (Å²) in [7, 11) is 0. The van der Waals surface area contributed by atoms with Gasteiger partial charge in [-0.25, -0.2) is 15.0 Å². The Kier molecular flexibility index (Phi) is 4.71. The van der Waals surface area contributed by atoms with E-state index in [9.17, 15) is 9.59 Å². The highest BCUT2D eigenvalue weighted by molar-refractivity contribution is 6.05. The van der Waals surface area contributed by atoms with Gasteiger partial charge in [-0.2, -0.15) is 5.10 Å². The van der Waals surface area contributed by atoms with Crippen LogP contribution in [0.4, 0.5) is 4.79 Å². The highest BCUT2D eigenvalue weighted by Crippen LogP contribution is 2.21. The molecule has 0 saturated carbocycles. The molecule has 3 N–H and O–H groups in total. The molecule has 0 fully saturated rings. The number of hydrogen-bond acceptors (Lipinski definition) is 4. The average molecular weight is 333 g/mol. The molecule has 0 radical (unpaired) electrons. The zero-order valence-corrected chi connectivity index (χ0v) is 13.2. The quantitative estimate of drug-likeness (QED) is 0.332. The second-order valence-electron chi connectivity index (χ2n) is 5.22. The van der Waals surface area contributed by atoms with E-state index in [0.29, 0.717) is 11.3 Å². The first-order valence-corrected chi connectivity index (χ1v) is 7.52. The van der Waals surface area contributed by atoms with Crippen molar-refractivity contribution in [3.63, 3.8) is 0 Å². The molecule has 3 aromatic rings. The van der Waals surface area contributed by atoms with E-state index in [2.05, 4.69) is 10.5 Å². The van der Waals surface area contributed by atoms with Crippen LogP contribution in [0.1, 0.15) is 15.9 Å². The highest BCUT2D eigenvalue weighted by Gasteiger charge is 2.12. The number of primary amides is 1. The van der Waals surface area contributed by atoms with Crippen molar-refractivity contribution in [3.05, 3.63) is 77.9 Å². The van der Waals surface area contributed by atoms with Crippen molar-refractivity contribution in [3.8, 4) is 5.75 Å². The molecule has 6 heteroatoms. The minimum atomic E-state index is -0.739. The summed E-state index contributed by atoms with van der Waals surface area (Å²) in [5, 5.41) is 5.48. The molecule has 2 amide bonds. The summed E-state index contributed by atoms with van der Waals surface area (Å²) in [4.78, 5) is 23.0.